The van der Waals surface area contributed by atoms with Crippen LogP contribution in [0.5, 0.6) is 0 Å². The number of aromatic nitrogens is 3. The standard InChI is InChI=1S/C13H14ClN5S/c14-9-5-1-2-6-10(9)20-13-17-11(15)16-12(18-13)19-7-3-4-8-19/h1-2,5-6H,3-4,7-8H2,(H2,15,16,17,18). The molecule has 7 heteroatoms. The van der Waals surface area contributed by atoms with Gasteiger partial charge in [-0.1, -0.05) is 23.7 Å². The molecule has 3 rings (SSSR count). The second-order valence-corrected chi connectivity index (χ2v) is 5.92. The van der Waals surface area contributed by atoms with E-state index in [0.29, 0.717) is 16.1 Å². The van der Waals surface area contributed by atoms with Gasteiger partial charge in [0.15, 0.2) is 5.16 Å². The minimum absolute atomic E-state index is 0.247. The van der Waals surface area contributed by atoms with Crippen LogP contribution in [0.3, 0.4) is 0 Å². The van der Waals surface area contributed by atoms with E-state index in [2.05, 4.69) is 19.9 Å². The third-order valence-corrected chi connectivity index (χ3v) is 4.43. The van der Waals surface area contributed by atoms with Crippen molar-refractivity contribution < 1.29 is 0 Å². The van der Waals surface area contributed by atoms with E-state index in [1.807, 2.05) is 24.3 Å². The Balaban J connectivity index is 1.88. The number of nitrogens with two attached hydrogens (primary N) is 1. The number of halogens is 1. The zero-order chi connectivity index (χ0) is 13.9. The van der Waals surface area contributed by atoms with E-state index in [9.17, 15) is 0 Å². The summed E-state index contributed by atoms with van der Waals surface area (Å²) in [5.41, 5.74) is 5.78. The zero-order valence-electron chi connectivity index (χ0n) is 10.8. The number of nitrogen functional groups attached to an aromatic ring is 1. The van der Waals surface area contributed by atoms with Gasteiger partial charge in [-0.05, 0) is 36.7 Å². The van der Waals surface area contributed by atoms with Crippen LogP contribution in [0.1, 0.15) is 12.8 Å². The lowest BCUT2D eigenvalue weighted by Gasteiger charge is -2.15. The molecule has 20 heavy (non-hydrogen) atoms. The summed E-state index contributed by atoms with van der Waals surface area (Å²) < 4.78 is 0. The predicted octanol–water partition coefficient (Wildman–Crippen LogP) is 2.86. The average Bonchev–Trinajstić information content (AvgIpc) is 2.95. The molecule has 2 heterocycles. The lowest BCUT2D eigenvalue weighted by atomic mass is 10.4. The topological polar surface area (TPSA) is 67.9 Å². The van der Waals surface area contributed by atoms with Gasteiger partial charge in [0.25, 0.3) is 0 Å². The van der Waals surface area contributed by atoms with Crippen molar-refractivity contribution in [2.45, 2.75) is 22.9 Å². The van der Waals surface area contributed by atoms with Crippen molar-refractivity contribution >= 4 is 35.3 Å². The second-order valence-electron chi connectivity index (χ2n) is 4.50. The quantitative estimate of drug-likeness (QED) is 0.940. The molecule has 5 nitrogen and oxygen atoms in total. The lowest BCUT2D eigenvalue weighted by Crippen LogP contribution is -2.21. The summed E-state index contributed by atoms with van der Waals surface area (Å²) in [7, 11) is 0. The van der Waals surface area contributed by atoms with Crippen LogP contribution >= 0.6 is 23.4 Å². The summed E-state index contributed by atoms with van der Waals surface area (Å²) in [6.45, 7) is 1.94. The largest absolute Gasteiger partial charge is 0.368 e. The summed E-state index contributed by atoms with van der Waals surface area (Å²) >= 11 is 7.55. The molecule has 1 aliphatic rings. The third kappa shape index (κ3) is 2.96. The molecule has 0 bridgehead atoms. The number of hydrogen-bond donors (Lipinski definition) is 1. The molecule has 0 radical (unpaired) electrons. The molecule has 2 N–H and O–H groups in total. The van der Waals surface area contributed by atoms with Gasteiger partial charge in [0.05, 0.1) is 5.02 Å². The van der Waals surface area contributed by atoms with Crippen molar-refractivity contribution in [2.75, 3.05) is 23.7 Å². The van der Waals surface area contributed by atoms with Gasteiger partial charge in [-0.3, -0.25) is 0 Å². The minimum Gasteiger partial charge on any atom is -0.368 e. The van der Waals surface area contributed by atoms with Crippen LogP contribution in [0.25, 0.3) is 0 Å². The van der Waals surface area contributed by atoms with Gasteiger partial charge in [0.2, 0.25) is 11.9 Å². The SMILES string of the molecule is Nc1nc(Sc2ccccc2Cl)nc(N2CCCC2)n1. The molecule has 1 fully saturated rings. The second kappa shape index (κ2) is 5.85. The lowest BCUT2D eigenvalue weighted by molar-refractivity contribution is 0.834. The Labute approximate surface area is 126 Å². The van der Waals surface area contributed by atoms with E-state index in [1.165, 1.54) is 24.6 Å². The Bertz CT molecular complexity index is 615. The first-order valence-electron chi connectivity index (χ1n) is 6.41. The fourth-order valence-electron chi connectivity index (χ4n) is 2.09. The highest BCUT2D eigenvalue weighted by atomic mass is 35.5. The molecular weight excluding hydrogens is 294 g/mol. The van der Waals surface area contributed by atoms with Crippen molar-refractivity contribution in [3.8, 4) is 0 Å². The molecule has 1 saturated heterocycles. The van der Waals surface area contributed by atoms with Gasteiger partial charge in [0, 0.05) is 18.0 Å². The van der Waals surface area contributed by atoms with E-state index in [-0.39, 0.29) is 5.95 Å². The first-order valence-corrected chi connectivity index (χ1v) is 7.61. The smallest absolute Gasteiger partial charge is 0.231 e. The first-order chi connectivity index (χ1) is 9.72. The summed E-state index contributed by atoms with van der Waals surface area (Å²) in [4.78, 5) is 15.9. The molecule has 0 saturated carbocycles. The molecule has 1 aliphatic heterocycles. The zero-order valence-corrected chi connectivity index (χ0v) is 12.4. The predicted molar refractivity (Wildman–Crippen MR) is 81.3 cm³/mol. The van der Waals surface area contributed by atoms with Gasteiger partial charge in [0.1, 0.15) is 0 Å². The van der Waals surface area contributed by atoms with Gasteiger partial charge >= 0.3 is 0 Å². The Kier molecular flexibility index (Phi) is 3.93. The van der Waals surface area contributed by atoms with Gasteiger partial charge in [-0.15, -0.1) is 0 Å². The van der Waals surface area contributed by atoms with Crippen molar-refractivity contribution in [3.05, 3.63) is 29.3 Å². The highest BCUT2D eigenvalue weighted by molar-refractivity contribution is 7.99. The van der Waals surface area contributed by atoms with Gasteiger partial charge in [-0.25, -0.2) is 0 Å². The third-order valence-electron chi connectivity index (χ3n) is 3.05. The van der Waals surface area contributed by atoms with Crippen LogP contribution in [0.4, 0.5) is 11.9 Å². The normalized spacial score (nSPS) is 14.8. The van der Waals surface area contributed by atoms with Crippen molar-refractivity contribution in [3.63, 3.8) is 0 Å². The Hall–Kier alpha value is -1.53. The fraction of sp³-hybridized carbons (Fsp3) is 0.308. The van der Waals surface area contributed by atoms with E-state index >= 15 is 0 Å². The van der Waals surface area contributed by atoms with Crippen LogP contribution < -0.4 is 10.6 Å². The Morgan fingerprint density at radius 3 is 2.60 bits per heavy atom. The summed E-state index contributed by atoms with van der Waals surface area (Å²) in [5, 5.41) is 1.26. The Morgan fingerprint density at radius 2 is 1.85 bits per heavy atom. The molecule has 1 aromatic carbocycles. The molecule has 0 spiro atoms. The monoisotopic (exact) mass is 307 g/mol. The maximum atomic E-state index is 6.15. The molecule has 2 aromatic rings. The number of nitrogens with zero attached hydrogens (tertiary/aromatic N) is 4. The maximum absolute atomic E-state index is 6.15. The van der Waals surface area contributed by atoms with E-state index in [1.54, 1.807) is 0 Å². The Morgan fingerprint density at radius 1 is 1.10 bits per heavy atom. The molecule has 0 atom stereocenters. The number of benzene rings is 1. The number of hydrogen-bond acceptors (Lipinski definition) is 6. The van der Waals surface area contributed by atoms with Gasteiger partial charge < -0.3 is 10.6 Å². The molecule has 0 unspecified atom stereocenters. The van der Waals surface area contributed by atoms with Crippen molar-refractivity contribution in [1.82, 2.24) is 15.0 Å². The minimum atomic E-state index is 0.247. The fourth-order valence-corrected chi connectivity index (χ4v) is 3.12. The molecule has 0 aliphatic carbocycles. The van der Waals surface area contributed by atoms with Crippen LogP contribution in [-0.4, -0.2) is 28.0 Å². The van der Waals surface area contributed by atoms with Crippen LogP contribution in [0.15, 0.2) is 34.3 Å². The van der Waals surface area contributed by atoms with Crippen molar-refractivity contribution in [2.24, 2.45) is 0 Å². The summed E-state index contributed by atoms with van der Waals surface area (Å²) in [6.07, 6.45) is 2.33. The first kappa shape index (κ1) is 13.5. The molecule has 104 valence electrons. The highest BCUT2D eigenvalue weighted by Crippen LogP contribution is 2.32. The summed E-state index contributed by atoms with van der Waals surface area (Å²) in [5.74, 6) is 0.904. The highest BCUT2D eigenvalue weighted by Gasteiger charge is 2.17. The van der Waals surface area contributed by atoms with E-state index < -0.39 is 0 Å². The van der Waals surface area contributed by atoms with Crippen molar-refractivity contribution in [1.29, 1.82) is 0 Å². The van der Waals surface area contributed by atoms with E-state index in [4.69, 9.17) is 17.3 Å². The van der Waals surface area contributed by atoms with Crippen LogP contribution in [-0.2, 0) is 0 Å². The number of anilines is 2. The molecular formula is C13H14ClN5S. The van der Waals surface area contributed by atoms with Gasteiger partial charge in [-0.2, -0.15) is 15.0 Å². The molecule has 0 amide bonds. The number of rotatable bonds is 3. The average molecular weight is 308 g/mol. The van der Waals surface area contributed by atoms with Crippen LogP contribution in [0, 0.1) is 0 Å². The maximum Gasteiger partial charge on any atom is 0.231 e. The van der Waals surface area contributed by atoms with E-state index in [0.717, 1.165) is 18.0 Å². The molecule has 1 aromatic heterocycles. The van der Waals surface area contributed by atoms with Crippen LogP contribution in [0.2, 0.25) is 5.02 Å². The summed E-state index contributed by atoms with van der Waals surface area (Å²) in [6, 6.07) is 7.60.